The number of carbonyl (C=O) groups excluding carboxylic acids is 1. The van der Waals surface area contributed by atoms with E-state index in [4.69, 9.17) is 0 Å². The molecule has 174 valence electrons. The fraction of sp³-hybridized carbons (Fsp3) is 0.500. The maximum absolute atomic E-state index is 14.2. The van der Waals surface area contributed by atoms with Crippen molar-refractivity contribution in [1.82, 2.24) is 15.6 Å². The van der Waals surface area contributed by atoms with Crippen LogP contribution in [-0.2, 0) is 4.79 Å². The van der Waals surface area contributed by atoms with Gasteiger partial charge in [-0.2, -0.15) is 18.4 Å². The molecule has 0 bridgehead atoms. The molecule has 1 aliphatic carbocycles. The summed E-state index contributed by atoms with van der Waals surface area (Å²) in [5.41, 5.74) is -3.09. The largest absolute Gasteiger partial charge is 0.397 e. The smallest absolute Gasteiger partial charge is 0.369 e. The predicted molar refractivity (Wildman–Crippen MR) is 109 cm³/mol. The van der Waals surface area contributed by atoms with Crippen molar-refractivity contribution in [2.45, 2.75) is 31.0 Å². The highest BCUT2D eigenvalue weighted by atomic mass is 19.4. The number of halogens is 5. The summed E-state index contributed by atoms with van der Waals surface area (Å²) >= 11 is 0. The first-order chi connectivity index (χ1) is 15.5. The van der Waals surface area contributed by atoms with Gasteiger partial charge in [0, 0.05) is 30.4 Å². The van der Waals surface area contributed by atoms with Gasteiger partial charge in [0.2, 0.25) is 5.91 Å². The number of carbonyl (C=O) groups is 1. The third kappa shape index (κ3) is 3.07. The maximum atomic E-state index is 14.2. The molecule has 3 fully saturated rings. The monoisotopic (exact) mass is 465 g/mol. The Hall–Kier alpha value is -3.00. The van der Waals surface area contributed by atoms with Gasteiger partial charge in [-0.05, 0) is 43.7 Å². The molecule has 3 aliphatic rings. The molecule has 1 aromatic heterocycles. The Morgan fingerprint density at radius 1 is 1.27 bits per heavy atom. The van der Waals surface area contributed by atoms with Crippen LogP contribution in [0.1, 0.15) is 18.4 Å². The second-order valence-corrected chi connectivity index (χ2v) is 9.09. The number of nitriles is 1. The second-order valence-electron chi connectivity index (χ2n) is 9.09. The summed E-state index contributed by atoms with van der Waals surface area (Å²) in [5, 5.41) is 14.6. The van der Waals surface area contributed by atoms with Crippen molar-refractivity contribution in [2.75, 3.05) is 31.1 Å². The summed E-state index contributed by atoms with van der Waals surface area (Å²) in [4.78, 5) is 18.8. The molecule has 11 heteroatoms. The van der Waals surface area contributed by atoms with Crippen molar-refractivity contribution in [3.05, 3.63) is 36.0 Å². The summed E-state index contributed by atoms with van der Waals surface area (Å²) in [6.45, 7) is -1.12. The zero-order valence-electron chi connectivity index (χ0n) is 17.3. The van der Waals surface area contributed by atoms with Crippen molar-refractivity contribution in [3.8, 4) is 6.07 Å². The average Bonchev–Trinajstić information content (AvgIpc) is 3.32. The molecule has 2 aliphatic heterocycles. The minimum Gasteiger partial charge on any atom is -0.369 e. The molecular formula is C22H20F5N5O. The second kappa shape index (κ2) is 7.00. The molecule has 1 amide bonds. The van der Waals surface area contributed by atoms with Crippen LogP contribution in [0.3, 0.4) is 0 Å². The minimum absolute atomic E-state index is 0.0660. The van der Waals surface area contributed by atoms with Gasteiger partial charge in [0.25, 0.3) is 5.92 Å². The molecule has 0 spiro atoms. The zero-order chi connectivity index (χ0) is 23.6. The molecule has 2 aromatic rings. The Labute approximate surface area is 185 Å². The summed E-state index contributed by atoms with van der Waals surface area (Å²) in [6.07, 6.45) is -3.70. The molecule has 2 saturated heterocycles. The minimum atomic E-state index is -4.68. The Balaban J connectivity index is 1.50. The molecule has 2 N–H and O–H groups in total. The van der Waals surface area contributed by atoms with Crippen LogP contribution in [-0.4, -0.2) is 55.2 Å². The first-order valence-electron chi connectivity index (χ1n) is 10.5. The van der Waals surface area contributed by atoms with Crippen molar-refractivity contribution in [3.63, 3.8) is 0 Å². The van der Waals surface area contributed by atoms with Gasteiger partial charge in [-0.1, -0.05) is 0 Å². The van der Waals surface area contributed by atoms with Crippen molar-refractivity contribution < 1.29 is 26.7 Å². The third-order valence-electron chi connectivity index (χ3n) is 7.29. The SMILES string of the molecule is N#Cc1ccc(N2CC3(C(=O)NC4CCNCC4(F)F)CC3(C(F)(F)F)C2)c2cccnc12. The number of rotatable bonds is 3. The van der Waals surface area contributed by atoms with Crippen molar-refractivity contribution in [1.29, 1.82) is 5.26 Å². The lowest BCUT2D eigenvalue weighted by Crippen LogP contribution is -2.58. The summed E-state index contributed by atoms with van der Waals surface area (Å²) in [7, 11) is 0. The van der Waals surface area contributed by atoms with E-state index in [1.54, 1.807) is 18.2 Å². The number of piperidine rings is 2. The number of anilines is 1. The lowest BCUT2D eigenvalue weighted by molar-refractivity contribution is -0.192. The van der Waals surface area contributed by atoms with Crippen LogP contribution in [0.25, 0.3) is 10.9 Å². The van der Waals surface area contributed by atoms with Crippen LogP contribution in [0.4, 0.5) is 27.6 Å². The molecule has 1 aromatic carbocycles. The van der Waals surface area contributed by atoms with E-state index < -0.39 is 54.4 Å². The van der Waals surface area contributed by atoms with E-state index in [1.807, 2.05) is 6.07 Å². The van der Waals surface area contributed by atoms with Gasteiger partial charge >= 0.3 is 6.18 Å². The fourth-order valence-corrected chi connectivity index (χ4v) is 5.43. The molecule has 6 nitrogen and oxygen atoms in total. The highest BCUT2D eigenvalue weighted by molar-refractivity contribution is 5.97. The molecule has 5 rings (SSSR count). The van der Waals surface area contributed by atoms with Gasteiger partial charge in [-0.3, -0.25) is 9.78 Å². The summed E-state index contributed by atoms with van der Waals surface area (Å²) in [6, 6.07) is 6.80. The van der Waals surface area contributed by atoms with Crippen LogP contribution < -0.4 is 15.5 Å². The highest BCUT2D eigenvalue weighted by Gasteiger charge is 2.86. The molecule has 3 unspecified atom stereocenters. The Kier molecular flexibility index (Phi) is 4.63. The van der Waals surface area contributed by atoms with Gasteiger partial charge in [0.05, 0.1) is 29.1 Å². The number of alkyl halides is 5. The topological polar surface area (TPSA) is 81.0 Å². The van der Waals surface area contributed by atoms with E-state index in [9.17, 15) is 32.0 Å². The number of nitrogens with zero attached hydrogens (tertiary/aromatic N) is 3. The number of amides is 1. The van der Waals surface area contributed by atoms with Crippen molar-refractivity contribution in [2.24, 2.45) is 10.8 Å². The summed E-state index contributed by atoms with van der Waals surface area (Å²) < 4.78 is 71.1. The van der Waals surface area contributed by atoms with Crippen LogP contribution >= 0.6 is 0 Å². The molecule has 0 radical (unpaired) electrons. The number of nitrogens with one attached hydrogen (secondary N) is 2. The summed E-state index contributed by atoms with van der Waals surface area (Å²) in [5.74, 6) is -4.22. The van der Waals surface area contributed by atoms with E-state index in [0.717, 1.165) is 0 Å². The fourth-order valence-electron chi connectivity index (χ4n) is 5.43. The van der Waals surface area contributed by atoms with E-state index in [0.29, 0.717) is 16.6 Å². The van der Waals surface area contributed by atoms with Gasteiger partial charge in [-0.15, -0.1) is 0 Å². The molecule has 3 heterocycles. The Bertz CT molecular complexity index is 1180. The van der Waals surface area contributed by atoms with Gasteiger partial charge in [-0.25, -0.2) is 8.78 Å². The van der Waals surface area contributed by atoms with Crippen LogP contribution in [0, 0.1) is 22.2 Å². The normalized spacial score (nSPS) is 30.5. The number of benzene rings is 1. The molecule has 3 atom stereocenters. The van der Waals surface area contributed by atoms with Crippen LogP contribution in [0.2, 0.25) is 0 Å². The van der Waals surface area contributed by atoms with Gasteiger partial charge in [0.15, 0.2) is 0 Å². The Morgan fingerprint density at radius 3 is 2.76 bits per heavy atom. The molecular weight excluding hydrogens is 445 g/mol. The van der Waals surface area contributed by atoms with Gasteiger partial charge in [0.1, 0.15) is 11.5 Å². The van der Waals surface area contributed by atoms with E-state index in [2.05, 4.69) is 15.6 Å². The first kappa shape index (κ1) is 21.8. The van der Waals surface area contributed by atoms with E-state index >= 15 is 0 Å². The van der Waals surface area contributed by atoms with Gasteiger partial charge < -0.3 is 15.5 Å². The lowest BCUT2D eigenvalue weighted by Gasteiger charge is -2.33. The average molecular weight is 465 g/mol. The lowest BCUT2D eigenvalue weighted by atomic mass is 9.93. The highest BCUT2D eigenvalue weighted by Crippen LogP contribution is 2.75. The van der Waals surface area contributed by atoms with Crippen LogP contribution in [0.5, 0.6) is 0 Å². The number of hydrogen-bond donors (Lipinski definition) is 2. The quantitative estimate of drug-likeness (QED) is 0.682. The van der Waals surface area contributed by atoms with Crippen LogP contribution in [0.15, 0.2) is 30.5 Å². The molecule has 33 heavy (non-hydrogen) atoms. The first-order valence-corrected chi connectivity index (χ1v) is 10.5. The number of fused-ring (bicyclic) bond motifs is 2. The predicted octanol–water partition coefficient (Wildman–Crippen LogP) is 2.98. The zero-order valence-corrected chi connectivity index (χ0v) is 17.3. The number of pyridine rings is 1. The van der Waals surface area contributed by atoms with Crippen molar-refractivity contribution >= 4 is 22.5 Å². The van der Waals surface area contributed by atoms with E-state index in [1.165, 1.54) is 17.2 Å². The number of aromatic nitrogens is 1. The maximum Gasteiger partial charge on any atom is 0.397 e. The Morgan fingerprint density at radius 2 is 2.06 bits per heavy atom. The molecule has 1 saturated carbocycles. The third-order valence-corrected chi connectivity index (χ3v) is 7.29. The van der Waals surface area contributed by atoms with E-state index in [-0.39, 0.29) is 25.1 Å². The number of hydrogen-bond acceptors (Lipinski definition) is 5. The standard InChI is InChI=1S/C22H20F5N5O/c23-21(24)10-29-7-5-16(21)31-18(33)19-9-20(19,22(25,26)27)12-32(11-19)15-4-3-13(8-28)17-14(15)2-1-6-30-17/h1-4,6,16,29H,5,7,9-12H2,(H,31,33).